The molecule has 0 aliphatic carbocycles. The highest BCUT2D eigenvalue weighted by Crippen LogP contribution is 2.25. The van der Waals surface area contributed by atoms with Gasteiger partial charge in [0.15, 0.2) is 0 Å². The Kier molecular flexibility index (Phi) is 10.8. The summed E-state index contributed by atoms with van der Waals surface area (Å²) in [5.74, 6) is -0.419. The zero-order valence-electron chi connectivity index (χ0n) is 20.6. The molecule has 2 N–H and O–H groups in total. The third-order valence-corrected chi connectivity index (χ3v) is 5.98. The van der Waals surface area contributed by atoms with Crippen molar-refractivity contribution in [2.45, 2.75) is 71.6 Å². The van der Waals surface area contributed by atoms with Crippen molar-refractivity contribution >= 4 is 16.7 Å². The molecule has 2 aromatic rings. The molecule has 0 aliphatic heterocycles. The number of nitrogens with one attached hydrogen (secondary N) is 2. The second kappa shape index (κ2) is 13.3. The minimum atomic E-state index is -4.26. The number of hydrogen-bond donors (Lipinski definition) is 2. The molecule has 0 aromatic heterocycles. The van der Waals surface area contributed by atoms with Crippen LogP contribution >= 0.6 is 0 Å². The summed E-state index contributed by atoms with van der Waals surface area (Å²) >= 11 is 0. The van der Waals surface area contributed by atoms with Gasteiger partial charge in [-0.3, -0.25) is 4.79 Å². The van der Waals surface area contributed by atoms with Crippen LogP contribution in [-0.4, -0.2) is 24.7 Å². The van der Waals surface area contributed by atoms with Crippen LogP contribution in [0.2, 0.25) is 0 Å². The number of halogens is 3. The first kappa shape index (κ1) is 27.6. The van der Waals surface area contributed by atoms with Gasteiger partial charge in [0.05, 0.1) is 6.42 Å². The fourth-order valence-corrected chi connectivity index (χ4v) is 4.04. The first-order valence-electron chi connectivity index (χ1n) is 12.1. The zero-order valence-corrected chi connectivity index (χ0v) is 20.6. The summed E-state index contributed by atoms with van der Waals surface area (Å²) in [6, 6.07) is 14.8. The summed E-state index contributed by atoms with van der Waals surface area (Å²) in [5, 5.41) is 8.88. The summed E-state index contributed by atoms with van der Waals surface area (Å²) in [6.45, 7) is 8.09. The molecule has 0 bridgehead atoms. The lowest BCUT2D eigenvalue weighted by Gasteiger charge is -2.26. The molecule has 0 heterocycles. The largest absolute Gasteiger partial charge is 0.392 e. The van der Waals surface area contributed by atoms with Gasteiger partial charge in [0.1, 0.15) is 0 Å². The molecule has 0 aliphatic rings. The minimum absolute atomic E-state index is 0.0897. The molecule has 3 atom stereocenters. The third kappa shape index (κ3) is 8.98. The van der Waals surface area contributed by atoms with E-state index in [4.69, 9.17) is 0 Å². The van der Waals surface area contributed by atoms with Crippen molar-refractivity contribution in [2.75, 3.05) is 6.54 Å². The third-order valence-electron chi connectivity index (χ3n) is 5.98. The van der Waals surface area contributed by atoms with E-state index in [9.17, 15) is 18.0 Å². The van der Waals surface area contributed by atoms with Crippen molar-refractivity contribution in [1.82, 2.24) is 10.6 Å². The van der Waals surface area contributed by atoms with Crippen LogP contribution in [0, 0.1) is 5.92 Å². The van der Waals surface area contributed by atoms with Crippen LogP contribution in [0.15, 0.2) is 66.3 Å². The molecule has 1 amide bonds. The molecule has 3 nitrogen and oxygen atoms in total. The molecule has 34 heavy (non-hydrogen) atoms. The number of carbonyl (C=O) groups is 1. The van der Waals surface area contributed by atoms with Crippen LogP contribution in [0.4, 0.5) is 13.2 Å². The lowest BCUT2D eigenvalue weighted by molar-refractivity contribution is -0.125. The lowest BCUT2D eigenvalue weighted by Crippen LogP contribution is -2.37. The second-order valence-electron chi connectivity index (χ2n) is 8.83. The molecule has 1 unspecified atom stereocenters. The van der Waals surface area contributed by atoms with Gasteiger partial charge in [-0.2, -0.15) is 13.2 Å². The minimum Gasteiger partial charge on any atom is -0.352 e. The van der Waals surface area contributed by atoms with E-state index in [1.54, 1.807) is 12.2 Å². The smallest absolute Gasteiger partial charge is 0.352 e. The Bertz CT molecular complexity index is 976. The molecule has 6 heteroatoms. The van der Waals surface area contributed by atoms with Crippen molar-refractivity contribution in [1.29, 1.82) is 0 Å². The highest BCUT2D eigenvalue weighted by Gasteiger charge is 2.25. The summed E-state index contributed by atoms with van der Waals surface area (Å²) in [6.07, 6.45) is 1.54. The van der Waals surface area contributed by atoms with Crippen LogP contribution in [0.1, 0.15) is 65.0 Å². The fourth-order valence-electron chi connectivity index (χ4n) is 4.04. The maximum atomic E-state index is 12.7. The van der Waals surface area contributed by atoms with Crippen LogP contribution in [0.25, 0.3) is 10.8 Å². The van der Waals surface area contributed by atoms with E-state index in [0.29, 0.717) is 18.4 Å². The number of fused-ring (bicyclic) bond motifs is 1. The van der Waals surface area contributed by atoms with Gasteiger partial charge < -0.3 is 10.6 Å². The first-order valence-corrected chi connectivity index (χ1v) is 12.1. The lowest BCUT2D eigenvalue weighted by atomic mass is 9.95. The average molecular weight is 475 g/mol. The maximum absolute atomic E-state index is 12.7. The zero-order chi connectivity index (χ0) is 25.1. The first-order chi connectivity index (χ1) is 16.1. The summed E-state index contributed by atoms with van der Waals surface area (Å²) < 4.78 is 37.8. The Morgan fingerprint density at radius 3 is 2.44 bits per heavy atom. The van der Waals surface area contributed by atoms with Gasteiger partial charge in [-0.15, -0.1) is 0 Å². The number of hydrogen-bond acceptors (Lipinski definition) is 2. The van der Waals surface area contributed by atoms with Crippen LogP contribution in [0.5, 0.6) is 0 Å². The Morgan fingerprint density at radius 1 is 1.06 bits per heavy atom. The van der Waals surface area contributed by atoms with Gasteiger partial charge in [-0.25, -0.2) is 0 Å². The van der Waals surface area contributed by atoms with E-state index >= 15 is 0 Å². The van der Waals surface area contributed by atoms with Gasteiger partial charge in [-0.05, 0) is 48.1 Å². The van der Waals surface area contributed by atoms with Crippen molar-refractivity contribution in [2.24, 2.45) is 5.92 Å². The number of benzene rings is 2. The monoisotopic (exact) mass is 474 g/mol. The van der Waals surface area contributed by atoms with Crippen LogP contribution < -0.4 is 10.6 Å². The summed E-state index contributed by atoms with van der Waals surface area (Å²) in [4.78, 5) is 12.7. The fraction of sp³-hybridized carbons (Fsp3) is 0.464. The van der Waals surface area contributed by atoms with Crippen molar-refractivity contribution < 1.29 is 18.0 Å². The quantitative estimate of drug-likeness (QED) is 0.318. The molecule has 0 saturated carbocycles. The molecule has 2 aromatic carbocycles. The Hall–Kier alpha value is -2.60. The van der Waals surface area contributed by atoms with Crippen molar-refractivity contribution in [3.63, 3.8) is 0 Å². The molecular formula is C28H37F3N2O. The molecule has 0 radical (unpaired) electrons. The Morgan fingerprint density at radius 2 is 1.76 bits per heavy atom. The molecule has 2 rings (SSSR count). The van der Waals surface area contributed by atoms with Gasteiger partial charge in [0.2, 0.25) is 5.91 Å². The van der Waals surface area contributed by atoms with Gasteiger partial charge >= 0.3 is 6.18 Å². The topological polar surface area (TPSA) is 41.1 Å². The molecular weight excluding hydrogens is 437 g/mol. The van der Waals surface area contributed by atoms with E-state index < -0.39 is 12.6 Å². The highest BCUT2D eigenvalue weighted by atomic mass is 19.4. The number of rotatable bonds is 12. The highest BCUT2D eigenvalue weighted by molar-refractivity contribution is 5.86. The molecule has 186 valence electrons. The number of alkyl halides is 3. The standard InChI is InChI=1S/C28H37F3N2O/c1-5-7-11-22(16-17-28(29,30)31)19-32-27(34)20(3)18-24(6-2)33-21(4)25-15-10-13-23-12-8-9-14-26(23)25/h7-16,20-21,24,33H,5-6,17-19H2,1-4H3,(H,32,34)/b11-7-,22-16+/t20-,21?,24+/m0/s1. The van der Waals surface area contributed by atoms with E-state index in [1.165, 1.54) is 16.3 Å². The van der Waals surface area contributed by atoms with E-state index in [1.807, 2.05) is 26.0 Å². The SMILES string of the molecule is CC/C=C\C(=C/CC(F)(F)F)CNC(=O)[C@@H](C)C[C@@H](CC)NC(C)c1cccc2ccccc12. The van der Waals surface area contributed by atoms with Crippen molar-refractivity contribution in [3.05, 3.63) is 71.8 Å². The van der Waals surface area contributed by atoms with E-state index in [0.717, 1.165) is 12.5 Å². The average Bonchev–Trinajstić information content (AvgIpc) is 2.81. The molecule has 0 spiro atoms. The summed E-state index contributed by atoms with van der Waals surface area (Å²) in [7, 11) is 0. The maximum Gasteiger partial charge on any atom is 0.392 e. The molecule has 0 fully saturated rings. The second-order valence-corrected chi connectivity index (χ2v) is 8.83. The van der Waals surface area contributed by atoms with E-state index in [-0.39, 0.29) is 30.5 Å². The van der Waals surface area contributed by atoms with Gasteiger partial charge in [-0.1, -0.05) is 81.5 Å². The summed E-state index contributed by atoms with van der Waals surface area (Å²) in [5.41, 5.74) is 1.69. The normalized spacial score (nSPS) is 15.4. The van der Waals surface area contributed by atoms with Gasteiger partial charge in [0.25, 0.3) is 0 Å². The van der Waals surface area contributed by atoms with Gasteiger partial charge in [0, 0.05) is 24.5 Å². The van der Waals surface area contributed by atoms with E-state index in [2.05, 4.69) is 54.8 Å². The van der Waals surface area contributed by atoms with Crippen LogP contribution in [-0.2, 0) is 4.79 Å². The number of allylic oxidation sites excluding steroid dienone is 2. The number of amides is 1. The predicted octanol–water partition coefficient (Wildman–Crippen LogP) is 7.26. The Labute approximate surface area is 201 Å². The van der Waals surface area contributed by atoms with Crippen molar-refractivity contribution in [3.8, 4) is 0 Å². The van der Waals surface area contributed by atoms with Crippen LogP contribution in [0.3, 0.4) is 0 Å². The number of carbonyl (C=O) groups excluding carboxylic acids is 1. The molecule has 0 saturated heterocycles. The predicted molar refractivity (Wildman–Crippen MR) is 135 cm³/mol. The Balaban J connectivity index is 1.97.